The molecule has 0 amide bonds. The molecule has 2 aliphatic heterocycles. The standard InChI is InChI=1S/C24H14N4O8.4Na/c29-21(30)17-9-1-2-10(25-9)18(22(31)32)12-5-6-14(27-12)20(24(35)36)16-8-7-15(28-16)19(23(33)34)13-4-3-11(17)26-13;;;;/h1-8,25-26H,(H,29,30)(H,31,32)(H,33,34)(H,35,36);;;;/q;4*+1/p-4. The van der Waals surface area contributed by atoms with Crippen molar-refractivity contribution in [1.82, 2.24) is 19.9 Å². The first-order chi connectivity index (χ1) is 17.2. The smallest absolute Gasteiger partial charge is 0.545 e. The zero-order valence-corrected chi connectivity index (χ0v) is 29.8. The van der Waals surface area contributed by atoms with Gasteiger partial charge in [0.05, 0.1) is 46.7 Å². The second-order valence-corrected chi connectivity index (χ2v) is 7.65. The molecule has 5 rings (SSSR count). The van der Waals surface area contributed by atoms with Gasteiger partial charge in [-0.05, 0) is 48.6 Å². The van der Waals surface area contributed by atoms with Crippen LogP contribution in [0.25, 0.3) is 46.4 Å². The molecule has 16 heteroatoms. The molecule has 12 nitrogen and oxygen atoms in total. The molecule has 0 aliphatic carbocycles. The van der Waals surface area contributed by atoms with Gasteiger partial charge in [-0.25, -0.2) is 9.97 Å². The number of aromatic nitrogens is 4. The maximum atomic E-state index is 12.0. The number of aromatic carboxylic acids is 4. The average molecular weight is 574 g/mol. The molecule has 0 radical (unpaired) electrons. The zero-order chi connectivity index (χ0) is 25.7. The second kappa shape index (κ2) is 14.6. The van der Waals surface area contributed by atoms with Crippen molar-refractivity contribution in [2.75, 3.05) is 0 Å². The fraction of sp³-hybridized carbons (Fsp3) is 0. The summed E-state index contributed by atoms with van der Waals surface area (Å²) < 4.78 is 0. The molecule has 0 fully saturated rings. The number of carbonyl (C=O) groups excluding carboxylic acids is 4. The van der Waals surface area contributed by atoms with Crippen LogP contribution in [0, 0.1) is 0 Å². The number of nitrogens with zero attached hydrogens (tertiary/aromatic N) is 2. The molecular formula is C24H10N4Na4O8. The molecule has 0 saturated carbocycles. The number of nitrogens with one attached hydrogen (secondary N) is 2. The molecule has 0 aromatic carbocycles. The molecule has 40 heavy (non-hydrogen) atoms. The molecular weight excluding hydrogens is 564 g/mol. The van der Waals surface area contributed by atoms with Gasteiger partial charge in [-0.3, -0.25) is 0 Å². The molecule has 0 atom stereocenters. The summed E-state index contributed by atoms with van der Waals surface area (Å²) in [6, 6.07) is 5.09. The van der Waals surface area contributed by atoms with Crippen LogP contribution >= 0.6 is 0 Å². The van der Waals surface area contributed by atoms with Crippen LogP contribution in [-0.2, 0) is 0 Å². The SMILES string of the molecule is O=C([O-])c1c2nc(c(C(=O)[O-])c3ccc([nH]3)c(C(=O)[O-])c3ccc([nH]3)c(C(=O)[O-])c3nc1C=C3)C=C2.[Na+].[Na+].[Na+].[Na+]. The Kier molecular flexibility index (Phi) is 13.3. The van der Waals surface area contributed by atoms with Crippen molar-refractivity contribution in [2.45, 2.75) is 0 Å². The van der Waals surface area contributed by atoms with E-state index in [2.05, 4.69) is 19.9 Å². The molecule has 3 aromatic heterocycles. The van der Waals surface area contributed by atoms with Crippen LogP contribution < -0.4 is 139 Å². The Balaban J connectivity index is 0.00000200. The van der Waals surface area contributed by atoms with Crippen molar-refractivity contribution in [2.24, 2.45) is 0 Å². The third-order valence-electron chi connectivity index (χ3n) is 5.57. The number of aromatic amines is 2. The minimum Gasteiger partial charge on any atom is -0.545 e. The van der Waals surface area contributed by atoms with Gasteiger partial charge in [-0.1, -0.05) is 0 Å². The van der Waals surface area contributed by atoms with Crippen molar-refractivity contribution in [3.8, 4) is 0 Å². The van der Waals surface area contributed by atoms with E-state index in [-0.39, 0.29) is 163 Å². The number of fused-ring (bicyclic) bond motifs is 8. The maximum Gasteiger partial charge on any atom is 1.00 e. The number of H-pyrrole nitrogens is 2. The second-order valence-electron chi connectivity index (χ2n) is 7.65. The number of carboxylic acid groups (broad SMARTS) is 4. The predicted octanol–water partition coefficient (Wildman–Crippen LogP) is -13.9. The molecule has 178 valence electrons. The number of hydrogen-bond acceptors (Lipinski definition) is 10. The summed E-state index contributed by atoms with van der Waals surface area (Å²) in [5.41, 5.74) is -2.95. The summed E-state index contributed by atoms with van der Waals surface area (Å²) in [6.45, 7) is 0. The summed E-state index contributed by atoms with van der Waals surface area (Å²) >= 11 is 0. The van der Waals surface area contributed by atoms with Crippen molar-refractivity contribution >= 4 is 70.2 Å². The molecule has 0 saturated heterocycles. The van der Waals surface area contributed by atoms with E-state index in [0.717, 1.165) is 0 Å². The van der Waals surface area contributed by atoms with Crippen LogP contribution in [0.1, 0.15) is 64.2 Å². The van der Waals surface area contributed by atoms with Gasteiger partial charge in [0.15, 0.2) is 0 Å². The van der Waals surface area contributed by atoms with Crippen LogP contribution in [0.3, 0.4) is 0 Å². The summed E-state index contributed by atoms with van der Waals surface area (Å²) in [4.78, 5) is 61.4. The monoisotopic (exact) mass is 574 g/mol. The van der Waals surface area contributed by atoms with Crippen molar-refractivity contribution in [3.63, 3.8) is 0 Å². The first-order valence-electron chi connectivity index (χ1n) is 10.2. The Morgan fingerprint density at radius 1 is 0.450 bits per heavy atom. The van der Waals surface area contributed by atoms with E-state index in [9.17, 15) is 39.6 Å². The fourth-order valence-corrected chi connectivity index (χ4v) is 4.07. The Labute approximate surface area is 313 Å². The van der Waals surface area contributed by atoms with Crippen molar-refractivity contribution < 1.29 is 158 Å². The molecule has 2 aliphatic rings. The Morgan fingerprint density at radius 2 is 0.700 bits per heavy atom. The number of rotatable bonds is 4. The number of carbonyl (C=O) groups is 4. The van der Waals surface area contributed by atoms with E-state index in [1.165, 1.54) is 48.6 Å². The summed E-state index contributed by atoms with van der Waals surface area (Å²) in [6.07, 6.45) is 4.90. The van der Waals surface area contributed by atoms with Gasteiger partial charge in [-0.15, -0.1) is 0 Å². The van der Waals surface area contributed by atoms with Crippen LogP contribution in [-0.4, -0.2) is 43.8 Å². The molecule has 0 unspecified atom stereocenters. The Hall–Kier alpha value is -1.52. The molecule has 0 spiro atoms. The Bertz CT molecular complexity index is 1660. The van der Waals surface area contributed by atoms with Crippen LogP contribution in [0.15, 0.2) is 24.3 Å². The van der Waals surface area contributed by atoms with Gasteiger partial charge >= 0.3 is 118 Å². The number of hydrogen-bond donors (Lipinski definition) is 2. The molecule has 8 bridgehead atoms. The predicted molar refractivity (Wildman–Crippen MR) is 116 cm³/mol. The molecule has 5 heterocycles. The topological polar surface area (TPSA) is 218 Å². The summed E-state index contributed by atoms with van der Waals surface area (Å²) in [7, 11) is 0. The maximum absolute atomic E-state index is 12.0. The zero-order valence-electron chi connectivity index (χ0n) is 21.8. The number of carboxylic acids is 4. The van der Waals surface area contributed by atoms with E-state index in [1.807, 2.05) is 0 Å². The van der Waals surface area contributed by atoms with E-state index >= 15 is 0 Å². The first-order valence-corrected chi connectivity index (χ1v) is 10.2. The Morgan fingerprint density at radius 3 is 0.975 bits per heavy atom. The summed E-state index contributed by atoms with van der Waals surface area (Å²) in [5.74, 6) is -6.65. The first kappa shape index (κ1) is 36.5. The summed E-state index contributed by atoms with van der Waals surface area (Å²) in [5, 5.41) is 47.9. The normalized spacial score (nSPS) is 10.8. The largest absolute Gasteiger partial charge is 1.00 e. The van der Waals surface area contributed by atoms with E-state index in [1.54, 1.807) is 0 Å². The van der Waals surface area contributed by atoms with Crippen LogP contribution in [0.5, 0.6) is 0 Å². The third-order valence-corrected chi connectivity index (χ3v) is 5.57. The average Bonchev–Trinajstić information content (AvgIpc) is 3.57. The molecule has 3 aromatic rings. The van der Waals surface area contributed by atoms with E-state index in [0.29, 0.717) is 0 Å². The van der Waals surface area contributed by atoms with Gasteiger partial charge < -0.3 is 49.6 Å². The van der Waals surface area contributed by atoms with Crippen LogP contribution in [0.2, 0.25) is 0 Å². The van der Waals surface area contributed by atoms with Gasteiger partial charge in [0.1, 0.15) is 0 Å². The van der Waals surface area contributed by atoms with Crippen molar-refractivity contribution in [1.29, 1.82) is 0 Å². The van der Waals surface area contributed by atoms with Gasteiger partial charge in [0.25, 0.3) is 0 Å². The third kappa shape index (κ3) is 6.75. The minimum absolute atomic E-state index is 0. The van der Waals surface area contributed by atoms with Gasteiger partial charge in [-0.2, -0.15) is 0 Å². The van der Waals surface area contributed by atoms with E-state index in [4.69, 9.17) is 0 Å². The van der Waals surface area contributed by atoms with Crippen molar-refractivity contribution in [3.05, 3.63) is 69.3 Å². The van der Waals surface area contributed by atoms with Gasteiger partial charge in [0, 0.05) is 44.3 Å². The quantitative estimate of drug-likeness (QED) is 0.193. The van der Waals surface area contributed by atoms with E-state index < -0.39 is 46.1 Å². The fourth-order valence-electron chi connectivity index (χ4n) is 4.07. The minimum atomic E-state index is -1.69. The van der Waals surface area contributed by atoms with Gasteiger partial charge in [0.2, 0.25) is 0 Å². The molecule has 2 N–H and O–H groups in total. The van der Waals surface area contributed by atoms with Crippen LogP contribution in [0.4, 0.5) is 0 Å².